The summed E-state index contributed by atoms with van der Waals surface area (Å²) in [6.45, 7) is 16.4. The molecule has 0 fully saturated rings. The number of benzene rings is 1. The molecule has 0 aliphatic heterocycles. The molecule has 0 bridgehead atoms. The summed E-state index contributed by atoms with van der Waals surface area (Å²) in [5.41, 5.74) is 4.09. The van der Waals surface area contributed by atoms with Crippen molar-refractivity contribution in [2.75, 3.05) is 12.4 Å². The molecule has 0 spiro atoms. The molecule has 0 atom stereocenters. The normalized spacial score (nSPS) is 12.6. The first kappa shape index (κ1) is 17.4. The van der Waals surface area contributed by atoms with Crippen LogP contribution in [0.4, 0.5) is 0 Å². The smallest absolute Gasteiger partial charge is 0.126 e. The van der Waals surface area contributed by atoms with Crippen LogP contribution >= 0.6 is 12.6 Å². The SMILES string of the molecule is Cc1cc(C(C)(C)C)c(OCCCS)c(C(C)(C)C)c1. The first-order valence-electron chi connectivity index (χ1n) is 7.46. The van der Waals surface area contributed by atoms with E-state index in [9.17, 15) is 0 Å². The molecule has 0 aliphatic rings. The van der Waals surface area contributed by atoms with Gasteiger partial charge >= 0.3 is 0 Å². The number of ether oxygens (including phenoxy) is 1. The van der Waals surface area contributed by atoms with Gasteiger partial charge in [0.1, 0.15) is 5.75 Å². The van der Waals surface area contributed by atoms with Gasteiger partial charge in [0, 0.05) is 11.1 Å². The van der Waals surface area contributed by atoms with Crippen LogP contribution in [0.2, 0.25) is 0 Å². The summed E-state index contributed by atoms with van der Waals surface area (Å²) < 4.78 is 6.17. The minimum absolute atomic E-state index is 0.0856. The molecule has 0 N–H and O–H groups in total. The van der Waals surface area contributed by atoms with Crippen molar-refractivity contribution < 1.29 is 4.74 Å². The van der Waals surface area contributed by atoms with E-state index in [4.69, 9.17) is 4.74 Å². The lowest BCUT2D eigenvalue weighted by molar-refractivity contribution is 0.301. The van der Waals surface area contributed by atoms with Crippen LogP contribution < -0.4 is 4.74 Å². The number of aryl methyl sites for hydroxylation is 1. The fraction of sp³-hybridized carbons (Fsp3) is 0.667. The van der Waals surface area contributed by atoms with E-state index in [-0.39, 0.29) is 10.8 Å². The van der Waals surface area contributed by atoms with Gasteiger partial charge in [-0.3, -0.25) is 0 Å². The van der Waals surface area contributed by atoms with E-state index in [2.05, 4.69) is 73.2 Å². The predicted molar refractivity (Wildman–Crippen MR) is 92.5 cm³/mol. The standard InChI is InChI=1S/C18H30OS/c1-13-11-14(17(2,3)4)16(19-9-8-10-20)15(12-13)18(5,6)7/h11-12,20H,8-10H2,1-7H3. The van der Waals surface area contributed by atoms with Gasteiger partial charge in [-0.1, -0.05) is 59.2 Å². The van der Waals surface area contributed by atoms with Crippen molar-refractivity contribution >= 4 is 12.6 Å². The molecule has 0 aromatic heterocycles. The second-order valence-electron chi connectivity index (χ2n) is 7.61. The van der Waals surface area contributed by atoms with Crippen LogP contribution in [0, 0.1) is 6.92 Å². The van der Waals surface area contributed by atoms with Crippen LogP contribution in [0.15, 0.2) is 12.1 Å². The van der Waals surface area contributed by atoms with Gasteiger partial charge in [-0.25, -0.2) is 0 Å². The zero-order chi connectivity index (χ0) is 15.6. The lowest BCUT2D eigenvalue weighted by atomic mass is 9.78. The molecule has 1 rings (SSSR count). The van der Waals surface area contributed by atoms with Crippen LogP contribution in [0.5, 0.6) is 5.75 Å². The van der Waals surface area contributed by atoms with Crippen LogP contribution in [0.3, 0.4) is 0 Å². The topological polar surface area (TPSA) is 9.23 Å². The Morgan fingerprint density at radius 2 is 1.40 bits per heavy atom. The third-order valence-electron chi connectivity index (χ3n) is 3.40. The fourth-order valence-corrected chi connectivity index (χ4v) is 2.41. The highest BCUT2D eigenvalue weighted by atomic mass is 32.1. The van der Waals surface area contributed by atoms with E-state index in [1.807, 2.05) is 0 Å². The van der Waals surface area contributed by atoms with Gasteiger partial charge in [-0.15, -0.1) is 0 Å². The maximum Gasteiger partial charge on any atom is 0.126 e. The number of thiol groups is 1. The minimum atomic E-state index is 0.0856. The molecular weight excluding hydrogens is 264 g/mol. The zero-order valence-corrected chi connectivity index (χ0v) is 15.0. The largest absolute Gasteiger partial charge is 0.493 e. The van der Waals surface area contributed by atoms with Crippen LogP contribution in [0.1, 0.15) is 64.7 Å². The van der Waals surface area contributed by atoms with Gasteiger partial charge in [0.2, 0.25) is 0 Å². The summed E-state index contributed by atoms with van der Waals surface area (Å²) in [7, 11) is 0. The summed E-state index contributed by atoms with van der Waals surface area (Å²) in [4.78, 5) is 0. The molecular formula is C18H30OS. The third kappa shape index (κ3) is 4.44. The van der Waals surface area contributed by atoms with Crippen molar-refractivity contribution in [3.8, 4) is 5.75 Å². The van der Waals surface area contributed by atoms with E-state index in [1.165, 1.54) is 16.7 Å². The fourth-order valence-electron chi connectivity index (χ4n) is 2.28. The Bertz CT molecular complexity index is 414. The first-order chi connectivity index (χ1) is 9.07. The molecule has 0 radical (unpaired) electrons. The summed E-state index contributed by atoms with van der Waals surface area (Å²) >= 11 is 4.27. The molecule has 0 amide bonds. The molecule has 0 saturated heterocycles. The highest BCUT2D eigenvalue weighted by Crippen LogP contribution is 2.40. The quantitative estimate of drug-likeness (QED) is 0.586. The Hall–Kier alpha value is -0.630. The highest BCUT2D eigenvalue weighted by Gasteiger charge is 2.27. The van der Waals surface area contributed by atoms with Gasteiger partial charge in [-0.05, 0) is 29.9 Å². The van der Waals surface area contributed by atoms with E-state index < -0.39 is 0 Å². The Kier molecular flexibility index (Phi) is 5.60. The minimum Gasteiger partial charge on any atom is -0.493 e. The number of hydrogen-bond donors (Lipinski definition) is 1. The maximum atomic E-state index is 6.17. The lowest BCUT2D eigenvalue weighted by Crippen LogP contribution is -2.20. The summed E-state index contributed by atoms with van der Waals surface area (Å²) in [5, 5.41) is 0. The number of rotatable bonds is 4. The van der Waals surface area contributed by atoms with E-state index >= 15 is 0 Å². The molecule has 1 nitrogen and oxygen atoms in total. The second kappa shape index (κ2) is 6.43. The molecule has 0 unspecified atom stereocenters. The monoisotopic (exact) mass is 294 g/mol. The van der Waals surface area contributed by atoms with Crippen molar-refractivity contribution in [2.45, 2.75) is 65.7 Å². The Morgan fingerprint density at radius 3 is 1.75 bits per heavy atom. The van der Waals surface area contributed by atoms with Crippen molar-refractivity contribution in [1.29, 1.82) is 0 Å². The van der Waals surface area contributed by atoms with Crippen molar-refractivity contribution in [3.05, 3.63) is 28.8 Å². The molecule has 1 aromatic rings. The Morgan fingerprint density at radius 1 is 0.950 bits per heavy atom. The van der Waals surface area contributed by atoms with Crippen LogP contribution in [-0.4, -0.2) is 12.4 Å². The Balaban J connectivity index is 3.38. The molecule has 2 heteroatoms. The maximum absolute atomic E-state index is 6.17. The molecule has 0 saturated carbocycles. The molecule has 114 valence electrons. The van der Waals surface area contributed by atoms with Gasteiger partial charge < -0.3 is 4.74 Å². The van der Waals surface area contributed by atoms with Crippen LogP contribution in [0.25, 0.3) is 0 Å². The van der Waals surface area contributed by atoms with Crippen molar-refractivity contribution in [2.24, 2.45) is 0 Å². The van der Waals surface area contributed by atoms with Gasteiger partial charge in [0.15, 0.2) is 0 Å². The molecule has 0 heterocycles. The molecule has 20 heavy (non-hydrogen) atoms. The summed E-state index contributed by atoms with van der Waals surface area (Å²) in [5.74, 6) is 1.94. The third-order valence-corrected chi connectivity index (χ3v) is 3.71. The van der Waals surface area contributed by atoms with E-state index in [1.54, 1.807) is 0 Å². The van der Waals surface area contributed by atoms with Crippen LogP contribution in [-0.2, 0) is 10.8 Å². The van der Waals surface area contributed by atoms with E-state index in [0.717, 1.165) is 24.5 Å². The first-order valence-corrected chi connectivity index (χ1v) is 8.10. The Labute approximate surface area is 130 Å². The highest BCUT2D eigenvalue weighted by molar-refractivity contribution is 7.80. The average Bonchev–Trinajstić information content (AvgIpc) is 2.28. The molecule has 1 aromatic carbocycles. The second-order valence-corrected chi connectivity index (χ2v) is 8.06. The van der Waals surface area contributed by atoms with Gasteiger partial charge in [0.05, 0.1) is 6.61 Å². The zero-order valence-electron chi connectivity index (χ0n) is 14.1. The average molecular weight is 295 g/mol. The summed E-state index contributed by atoms with van der Waals surface area (Å²) in [6, 6.07) is 4.54. The van der Waals surface area contributed by atoms with Gasteiger partial charge in [0.25, 0.3) is 0 Å². The van der Waals surface area contributed by atoms with Crippen molar-refractivity contribution in [1.82, 2.24) is 0 Å². The number of hydrogen-bond acceptors (Lipinski definition) is 2. The van der Waals surface area contributed by atoms with Gasteiger partial charge in [-0.2, -0.15) is 12.6 Å². The van der Waals surface area contributed by atoms with E-state index in [0.29, 0.717) is 0 Å². The summed E-state index contributed by atoms with van der Waals surface area (Å²) in [6.07, 6.45) is 0.976. The predicted octanol–water partition coefficient (Wildman–Crippen LogP) is 5.29. The van der Waals surface area contributed by atoms with Crippen molar-refractivity contribution in [3.63, 3.8) is 0 Å². The lowest BCUT2D eigenvalue weighted by Gasteiger charge is -2.30. The molecule has 0 aliphatic carbocycles.